The minimum Gasteiger partial charge on any atom is -0.493 e. The summed E-state index contributed by atoms with van der Waals surface area (Å²) >= 11 is 5.64. The van der Waals surface area contributed by atoms with Crippen molar-refractivity contribution in [1.29, 1.82) is 0 Å². The van der Waals surface area contributed by atoms with Crippen LogP contribution in [0.4, 0.5) is 0 Å². The lowest BCUT2D eigenvalue weighted by Crippen LogP contribution is -2.48. The SMILES string of the molecule is COc1cc([C@@H]2c3cc4c(cc3[C@@H](NC(=S)NC(=O)C3CCCCC3)[C@H]3COC(=O)[C@H]23)OCO4)cc(OC)c1OC. The van der Waals surface area contributed by atoms with Gasteiger partial charge in [-0.15, -0.1) is 0 Å². The molecule has 0 unspecified atom stereocenters. The molecule has 2 aliphatic carbocycles. The summed E-state index contributed by atoms with van der Waals surface area (Å²) in [5.41, 5.74) is 2.56. The van der Waals surface area contributed by atoms with Crippen LogP contribution in [0, 0.1) is 17.8 Å². The lowest BCUT2D eigenvalue weighted by Gasteiger charge is -2.40. The molecular weight excluding hydrogens is 548 g/mol. The largest absolute Gasteiger partial charge is 0.493 e. The second-order valence-electron chi connectivity index (χ2n) is 10.9. The first kappa shape index (κ1) is 27.4. The number of fused-ring (bicyclic) bond motifs is 3. The van der Waals surface area contributed by atoms with Gasteiger partial charge in [0, 0.05) is 17.8 Å². The third kappa shape index (κ3) is 4.90. The number of nitrogens with one attached hydrogen (secondary N) is 2. The summed E-state index contributed by atoms with van der Waals surface area (Å²) in [6.07, 6.45) is 4.99. The first-order valence-corrected chi connectivity index (χ1v) is 14.4. The Labute approximate surface area is 243 Å². The average Bonchev–Trinajstić information content (AvgIpc) is 3.62. The molecule has 1 amide bonds. The highest BCUT2D eigenvalue weighted by Gasteiger charge is 2.53. The van der Waals surface area contributed by atoms with E-state index < -0.39 is 17.9 Å². The predicted octanol–water partition coefficient (Wildman–Crippen LogP) is 3.99. The monoisotopic (exact) mass is 582 g/mol. The molecule has 2 heterocycles. The van der Waals surface area contributed by atoms with Gasteiger partial charge in [0.1, 0.15) is 0 Å². The van der Waals surface area contributed by atoms with Gasteiger partial charge in [0.2, 0.25) is 18.4 Å². The zero-order chi connectivity index (χ0) is 28.7. The molecule has 0 spiro atoms. The fourth-order valence-electron chi connectivity index (χ4n) is 6.78. The van der Waals surface area contributed by atoms with Crippen LogP contribution in [-0.4, -0.2) is 51.7 Å². The number of hydrogen-bond acceptors (Lipinski definition) is 9. The van der Waals surface area contributed by atoms with Gasteiger partial charge in [-0.05, 0) is 66.0 Å². The molecule has 4 atom stereocenters. The maximum Gasteiger partial charge on any atom is 0.310 e. The van der Waals surface area contributed by atoms with Gasteiger partial charge < -0.3 is 39.1 Å². The van der Waals surface area contributed by atoms with Crippen LogP contribution in [0.25, 0.3) is 0 Å². The van der Waals surface area contributed by atoms with Crippen molar-refractivity contribution < 1.29 is 38.0 Å². The molecule has 6 rings (SSSR count). The molecule has 2 aliphatic heterocycles. The molecule has 2 N–H and O–H groups in total. The summed E-state index contributed by atoms with van der Waals surface area (Å²) in [7, 11) is 4.67. The van der Waals surface area contributed by atoms with E-state index in [0.717, 1.165) is 48.8 Å². The van der Waals surface area contributed by atoms with Gasteiger partial charge in [0.25, 0.3) is 0 Å². The van der Waals surface area contributed by atoms with Crippen molar-refractivity contribution in [3.63, 3.8) is 0 Å². The second kappa shape index (κ2) is 11.3. The Morgan fingerprint density at radius 2 is 1.56 bits per heavy atom. The molecule has 4 aliphatic rings. The third-order valence-electron chi connectivity index (χ3n) is 8.73. The first-order chi connectivity index (χ1) is 19.9. The number of esters is 1. The van der Waals surface area contributed by atoms with Crippen LogP contribution in [0.3, 0.4) is 0 Å². The number of ether oxygens (including phenoxy) is 6. The minimum absolute atomic E-state index is 0.0375. The zero-order valence-corrected chi connectivity index (χ0v) is 24.1. The van der Waals surface area contributed by atoms with Gasteiger partial charge in [0.15, 0.2) is 28.1 Å². The maximum atomic E-state index is 13.4. The van der Waals surface area contributed by atoms with Crippen LogP contribution in [-0.2, 0) is 14.3 Å². The molecule has 2 aromatic carbocycles. The van der Waals surface area contributed by atoms with E-state index in [-0.39, 0.29) is 42.2 Å². The Morgan fingerprint density at radius 3 is 2.20 bits per heavy atom. The number of amides is 1. The van der Waals surface area contributed by atoms with Crippen molar-refractivity contribution in [3.05, 3.63) is 41.0 Å². The number of carbonyl (C=O) groups is 2. The maximum absolute atomic E-state index is 13.4. The Balaban J connectivity index is 1.41. The van der Waals surface area contributed by atoms with E-state index in [0.29, 0.717) is 28.7 Å². The third-order valence-corrected chi connectivity index (χ3v) is 8.95. The number of carbonyl (C=O) groups excluding carboxylic acids is 2. The van der Waals surface area contributed by atoms with Gasteiger partial charge >= 0.3 is 5.97 Å². The standard InChI is InChI=1S/C30H34N2O8S/c1-35-22-9-16(10-23(36-2)27(22)37-3)24-17-11-20-21(40-14-39-20)12-18(17)26(19-13-38-29(34)25(19)24)31-30(41)32-28(33)15-7-5-4-6-8-15/h9-12,15,19,24-26H,4-8,13-14H2,1-3H3,(H2,31,32,33,41)/t19-,24+,25-,26+/m0/s1. The van der Waals surface area contributed by atoms with Gasteiger partial charge in [-0.25, -0.2) is 0 Å². The molecule has 11 heteroatoms. The van der Waals surface area contributed by atoms with E-state index in [1.807, 2.05) is 24.3 Å². The summed E-state index contributed by atoms with van der Waals surface area (Å²) in [5.74, 6) is 1.01. The van der Waals surface area contributed by atoms with Crippen LogP contribution in [0.5, 0.6) is 28.7 Å². The Bertz CT molecular complexity index is 1350. The second-order valence-corrected chi connectivity index (χ2v) is 11.3. The normalized spacial score (nSPS) is 24.5. The highest BCUT2D eigenvalue weighted by Crippen LogP contribution is 2.55. The Kier molecular flexibility index (Phi) is 7.54. The summed E-state index contributed by atoms with van der Waals surface area (Å²) in [5, 5.41) is 6.51. The molecule has 1 saturated heterocycles. The molecule has 1 saturated carbocycles. The summed E-state index contributed by atoms with van der Waals surface area (Å²) in [6.45, 7) is 0.311. The Morgan fingerprint density at radius 1 is 0.902 bits per heavy atom. The first-order valence-electron chi connectivity index (χ1n) is 13.9. The van der Waals surface area contributed by atoms with Crippen LogP contribution < -0.4 is 34.3 Å². The van der Waals surface area contributed by atoms with Gasteiger partial charge in [-0.1, -0.05) is 19.3 Å². The smallest absolute Gasteiger partial charge is 0.310 e. The highest BCUT2D eigenvalue weighted by atomic mass is 32.1. The molecule has 0 bridgehead atoms. The highest BCUT2D eigenvalue weighted by molar-refractivity contribution is 7.80. The number of cyclic esters (lactones) is 1. The number of rotatable bonds is 6. The van der Waals surface area contributed by atoms with E-state index >= 15 is 0 Å². The van der Waals surface area contributed by atoms with Crippen LogP contribution >= 0.6 is 12.2 Å². The molecule has 2 fully saturated rings. The molecule has 2 aromatic rings. The summed E-state index contributed by atoms with van der Waals surface area (Å²) in [6, 6.07) is 7.18. The van der Waals surface area contributed by atoms with Crippen molar-refractivity contribution in [2.45, 2.75) is 44.1 Å². The summed E-state index contributed by atoms with van der Waals surface area (Å²) in [4.78, 5) is 26.3. The molecular formula is C30H34N2O8S. The van der Waals surface area contributed by atoms with Crippen molar-refractivity contribution in [3.8, 4) is 28.7 Å². The van der Waals surface area contributed by atoms with Crippen LogP contribution in [0.15, 0.2) is 24.3 Å². The lowest BCUT2D eigenvalue weighted by molar-refractivity contribution is -0.141. The summed E-state index contributed by atoms with van der Waals surface area (Å²) < 4.78 is 33.9. The number of methoxy groups -OCH3 is 3. The molecule has 218 valence electrons. The van der Waals surface area contributed by atoms with Crippen molar-refractivity contribution in [2.75, 3.05) is 34.7 Å². The number of benzene rings is 2. The van der Waals surface area contributed by atoms with Crippen molar-refractivity contribution in [2.24, 2.45) is 17.8 Å². The minimum atomic E-state index is -0.542. The van der Waals surface area contributed by atoms with Crippen molar-refractivity contribution >= 4 is 29.2 Å². The fraction of sp³-hybridized carbons (Fsp3) is 0.500. The van der Waals surface area contributed by atoms with E-state index in [9.17, 15) is 9.59 Å². The van der Waals surface area contributed by atoms with E-state index in [1.165, 1.54) is 0 Å². The van der Waals surface area contributed by atoms with E-state index in [4.69, 9.17) is 40.6 Å². The molecule has 41 heavy (non-hydrogen) atoms. The molecule has 0 radical (unpaired) electrons. The van der Waals surface area contributed by atoms with Gasteiger partial charge in [0.05, 0.1) is 39.9 Å². The quantitative estimate of drug-likeness (QED) is 0.383. The predicted molar refractivity (Wildman–Crippen MR) is 152 cm³/mol. The fourth-order valence-corrected chi connectivity index (χ4v) is 7.01. The number of hydrogen-bond donors (Lipinski definition) is 2. The average molecular weight is 583 g/mol. The lowest BCUT2D eigenvalue weighted by atomic mass is 9.65. The van der Waals surface area contributed by atoms with Crippen LogP contribution in [0.1, 0.15) is 60.8 Å². The number of thiocarbonyl (C=S) groups is 1. The van der Waals surface area contributed by atoms with Crippen molar-refractivity contribution in [1.82, 2.24) is 10.6 Å². The zero-order valence-electron chi connectivity index (χ0n) is 23.3. The van der Waals surface area contributed by atoms with E-state index in [2.05, 4.69) is 10.6 Å². The molecule has 0 aromatic heterocycles. The Hall–Kier alpha value is -3.73. The van der Waals surface area contributed by atoms with Gasteiger partial charge in [-0.2, -0.15) is 0 Å². The van der Waals surface area contributed by atoms with E-state index in [1.54, 1.807) is 21.3 Å². The van der Waals surface area contributed by atoms with Gasteiger partial charge in [-0.3, -0.25) is 9.59 Å². The molecule has 10 nitrogen and oxygen atoms in total. The topological polar surface area (TPSA) is 114 Å². The van der Waals surface area contributed by atoms with Crippen LogP contribution in [0.2, 0.25) is 0 Å².